The quantitative estimate of drug-likeness (QED) is 0.517. The van der Waals surface area contributed by atoms with Gasteiger partial charge in [0, 0.05) is 52.2 Å². The molecule has 1 aliphatic rings. The van der Waals surface area contributed by atoms with Crippen LogP contribution >= 0.6 is 0 Å². The van der Waals surface area contributed by atoms with Crippen LogP contribution < -0.4 is 11.1 Å². The molecule has 0 aromatic carbocycles. The van der Waals surface area contributed by atoms with Crippen molar-refractivity contribution in [1.82, 2.24) is 15.1 Å². The first-order valence-corrected chi connectivity index (χ1v) is 8.81. The number of piperazine rings is 1. The van der Waals surface area contributed by atoms with Crippen LogP contribution in [0.5, 0.6) is 0 Å². The van der Waals surface area contributed by atoms with Gasteiger partial charge in [0.05, 0.1) is 11.5 Å². The van der Waals surface area contributed by atoms with Gasteiger partial charge in [0.1, 0.15) is 0 Å². The van der Waals surface area contributed by atoms with Crippen molar-refractivity contribution in [2.75, 3.05) is 64.4 Å². The van der Waals surface area contributed by atoms with Crippen LogP contribution in [0.15, 0.2) is 0 Å². The highest BCUT2D eigenvalue weighted by molar-refractivity contribution is 7.91. The van der Waals surface area contributed by atoms with Crippen molar-refractivity contribution in [1.29, 1.82) is 0 Å². The monoisotopic (exact) mass is 306 g/mol. The maximum absolute atomic E-state index is 11.7. The number of hydrogen-bond donors (Lipinski definition) is 2. The van der Waals surface area contributed by atoms with E-state index >= 15 is 0 Å². The Hall–Kier alpha value is -0.700. The van der Waals surface area contributed by atoms with Gasteiger partial charge < -0.3 is 16.0 Å². The Balaban J connectivity index is 2.17. The van der Waals surface area contributed by atoms with Gasteiger partial charge in [-0.05, 0) is 7.05 Å². The van der Waals surface area contributed by atoms with Crippen molar-refractivity contribution in [3.8, 4) is 0 Å². The van der Waals surface area contributed by atoms with Crippen LogP contribution in [0.25, 0.3) is 0 Å². The summed E-state index contributed by atoms with van der Waals surface area (Å²) < 4.78 is 23.4. The molecule has 0 unspecified atom stereocenters. The maximum Gasteiger partial charge on any atom is 0.218 e. The first-order chi connectivity index (χ1) is 9.39. The summed E-state index contributed by atoms with van der Waals surface area (Å²) in [4.78, 5) is 15.0. The van der Waals surface area contributed by atoms with Crippen molar-refractivity contribution >= 4 is 15.7 Å². The summed E-state index contributed by atoms with van der Waals surface area (Å²) >= 11 is 0. The van der Waals surface area contributed by atoms with E-state index in [1.54, 1.807) is 0 Å². The van der Waals surface area contributed by atoms with Crippen LogP contribution in [0.1, 0.15) is 6.42 Å². The Morgan fingerprint density at radius 1 is 1.25 bits per heavy atom. The Kier molecular flexibility index (Phi) is 7.42. The summed E-state index contributed by atoms with van der Waals surface area (Å²) in [6.45, 7) is 6.43. The molecule has 0 aromatic rings. The molecule has 0 atom stereocenters. The SMILES string of the molecule is CN(CCN1CCNCC1)CCS(=O)(=O)CCC(N)=O. The molecule has 0 saturated carbocycles. The van der Waals surface area contributed by atoms with Gasteiger partial charge in [-0.2, -0.15) is 0 Å². The van der Waals surface area contributed by atoms with E-state index in [9.17, 15) is 13.2 Å². The molecule has 118 valence electrons. The molecular formula is C12H26N4O3S. The van der Waals surface area contributed by atoms with Gasteiger partial charge in [-0.1, -0.05) is 0 Å². The highest BCUT2D eigenvalue weighted by atomic mass is 32.2. The molecule has 7 nitrogen and oxygen atoms in total. The van der Waals surface area contributed by atoms with Crippen LogP contribution in [0.4, 0.5) is 0 Å². The van der Waals surface area contributed by atoms with E-state index in [4.69, 9.17) is 5.73 Å². The molecule has 0 spiro atoms. The third-order valence-corrected chi connectivity index (χ3v) is 5.08. The number of amides is 1. The first-order valence-electron chi connectivity index (χ1n) is 6.99. The molecule has 0 bridgehead atoms. The predicted octanol–water partition coefficient (Wildman–Crippen LogP) is -1.89. The molecule has 1 aliphatic heterocycles. The lowest BCUT2D eigenvalue weighted by atomic mass is 10.3. The molecule has 1 saturated heterocycles. The fraction of sp³-hybridized carbons (Fsp3) is 0.917. The van der Waals surface area contributed by atoms with Gasteiger partial charge in [0.15, 0.2) is 9.84 Å². The topological polar surface area (TPSA) is 95.7 Å². The Morgan fingerprint density at radius 3 is 2.50 bits per heavy atom. The van der Waals surface area contributed by atoms with Crippen molar-refractivity contribution in [2.45, 2.75) is 6.42 Å². The summed E-state index contributed by atoms with van der Waals surface area (Å²) in [5.41, 5.74) is 4.96. The molecule has 1 fully saturated rings. The second-order valence-electron chi connectivity index (χ2n) is 5.26. The lowest BCUT2D eigenvalue weighted by Crippen LogP contribution is -2.46. The van der Waals surface area contributed by atoms with Crippen LogP contribution in [0, 0.1) is 0 Å². The second kappa shape index (κ2) is 8.56. The number of nitrogens with two attached hydrogens (primary N) is 1. The molecule has 3 N–H and O–H groups in total. The number of primary amides is 1. The number of carbonyl (C=O) groups excluding carboxylic acids is 1. The van der Waals surface area contributed by atoms with E-state index in [1.165, 1.54) is 0 Å². The van der Waals surface area contributed by atoms with E-state index in [0.717, 1.165) is 39.3 Å². The normalized spacial score (nSPS) is 17.5. The molecule has 20 heavy (non-hydrogen) atoms. The predicted molar refractivity (Wildman–Crippen MR) is 79.3 cm³/mol. The van der Waals surface area contributed by atoms with Crippen molar-refractivity contribution in [2.24, 2.45) is 5.73 Å². The smallest absolute Gasteiger partial charge is 0.218 e. The van der Waals surface area contributed by atoms with Crippen LogP contribution in [0.3, 0.4) is 0 Å². The van der Waals surface area contributed by atoms with Crippen molar-refractivity contribution < 1.29 is 13.2 Å². The van der Waals surface area contributed by atoms with Crippen LogP contribution in [-0.2, 0) is 14.6 Å². The zero-order valence-corrected chi connectivity index (χ0v) is 13.0. The van der Waals surface area contributed by atoms with E-state index in [2.05, 4.69) is 10.2 Å². The van der Waals surface area contributed by atoms with Gasteiger partial charge in [0.2, 0.25) is 5.91 Å². The maximum atomic E-state index is 11.7. The number of likely N-dealkylation sites (N-methyl/N-ethyl adjacent to an activating group) is 1. The summed E-state index contributed by atoms with van der Waals surface area (Å²) in [6, 6.07) is 0. The zero-order chi connectivity index (χ0) is 15.0. The molecule has 1 rings (SSSR count). The van der Waals surface area contributed by atoms with Gasteiger partial charge in [-0.25, -0.2) is 8.42 Å². The average molecular weight is 306 g/mol. The van der Waals surface area contributed by atoms with E-state index in [1.807, 2.05) is 11.9 Å². The summed E-state index contributed by atoms with van der Waals surface area (Å²) in [6.07, 6.45) is -0.0905. The van der Waals surface area contributed by atoms with E-state index < -0.39 is 15.7 Å². The number of sulfone groups is 1. The molecule has 0 aromatic heterocycles. The van der Waals surface area contributed by atoms with Crippen LogP contribution in [-0.4, -0.2) is 88.5 Å². The fourth-order valence-electron chi connectivity index (χ4n) is 2.01. The minimum Gasteiger partial charge on any atom is -0.370 e. The summed E-state index contributed by atoms with van der Waals surface area (Å²) in [7, 11) is -1.26. The Bertz CT molecular complexity index is 394. The minimum atomic E-state index is -3.18. The Labute approximate surface area is 121 Å². The third-order valence-electron chi connectivity index (χ3n) is 3.45. The minimum absolute atomic E-state index is 0.0817. The van der Waals surface area contributed by atoms with Gasteiger partial charge >= 0.3 is 0 Å². The van der Waals surface area contributed by atoms with Gasteiger partial charge in [0.25, 0.3) is 0 Å². The Morgan fingerprint density at radius 2 is 1.90 bits per heavy atom. The number of nitrogens with zero attached hydrogens (tertiary/aromatic N) is 2. The molecule has 1 heterocycles. The zero-order valence-electron chi connectivity index (χ0n) is 12.2. The number of hydrogen-bond acceptors (Lipinski definition) is 6. The number of nitrogens with one attached hydrogen (secondary N) is 1. The summed E-state index contributed by atoms with van der Waals surface area (Å²) in [5, 5.41) is 3.30. The third kappa shape index (κ3) is 7.78. The molecule has 1 amide bonds. The number of rotatable bonds is 9. The van der Waals surface area contributed by atoms with Gasteiger partial charge in [-0.15, -0.1) is 0 Å². The number of carbonyl (C=O) groups is 1. The lowest BCUT2D eigenvalue weighted by molar-refractivity contribution is -0.117. The van der Waals surface area contributed by atoms with Crippen LogP contribution in [0.2, 0.25) is 0 Å². The van der Waals surface area contributed by atoms with Crippen molar-refractivity contribution in [3.05, 3.63) is 0 Å². The fourth-order valence-corrected chi connectivity index (χ4v) is 3.32. The molecule has 8 heteroatoms. The van der Waals surface area contributed by atoms with Gasteiger partial charge in [-0.3, -0.25) is 9.69 Å². The second-order valence-corrected chi connectivity index (χ2v) is 7.57. The highest BCUT2D eigenvalue weighted by Crippen LogP contribution is 1.97. The standard InChI is InChI=1S/C12H26N4O3S/c1-15(7-8-16-5-3-14-4-6-16)9-11-20(18,19)10-2-12(13)17/h14H,2-11H2,1H3,(H2,13,17). The van der Waals surface area contributed by atoms with E-state index in [0.29, 0.717) is 6.54 Å². The molecular weight excluding hydrogens is 280 g/mol. The first kappa shape index (κ1) is 17.4. The average Bonchev–Trinajstić information content (AvgIpc) is 2.42. The largest absolute Gasteiger partial charge is 0.370 e. The van der Waals surface area contributed by atoms with Crippen molar-refractivity contribution in [3.63, 3.8) is 0 Å². The highest BCUT2D eigenvalue weighted by Gasteiger charge is 2.14. The van der Waals surface area contributed by atoms with E-state index in [-0.39, 0.29) is 17.9 Å². The molecule has 0 radical (unpaired) electrons. The lowest BCUT2D eigenvalue weighted by Gasteiger charge is -2.29. The molecule has 0 aliphatic carbocycles. The summed E-state index contributed by atoms with van der Waals surface area (Å²) in [5.74, 6) is -0.632.